The molecule has 0 radical (unpaired) electrons. The topological polar surface area (TPSA) is 68.0 Å². The number of amides is 1. The molecule has 0 aliphatic carbocycles. The van der Waals surface area contributed by atoms with Gasteiger partial charge in [-0.1, -0.05) is 32.4 Å². The van der Waals surface area contributed by atoms with E-state index in [1.165, 1.54) is 0 Å². The molecule has 4 nitrogen and oxygen atoms in total. The molecule has 1 heterocycles. The number of rotatable bonds is 4. The second-order valence-corrected chi connectivity index (χ2v) is 4.80. The van der Waals surface area contributed by atoms with Crippen LogP contribution in [0.4, 0.5) is 5.69 Å². The summed E-state index contributed by atoms with van der Waals surface area (Å²) in [4.78, 5) is 16.2. The van der Waals surface area contributed by atoms with Crippen molar-refractivity contribution < 1.29 is 4.79 Å². The molecule has 0 aliphatic rings. The molecule has 4 heteroatoms. The Balaban J connectivity index is 2.24. The summed E-state index contributed by atoms with van der Waals surface area (Å²) in [6.45, 7) is 4.01. The van der Waals surface area contributed by atoms with E-state index >= 15 is 0 Å². The first-order chi connectivity index (χ1) is 9.13. The Labute approximate surface area is 113 Å². The Morgan fingerprint density at radius 2 is 2.21 bits per heavy atom. The molecule has 3 N–H and O–H groups in total. The minimum Gasteiger partial charge on any atom is -0.324 e. The molecule has 0 fully saturated rings. The van der Waals surface area contributed by atoms with Gasteiger partial charge in [-0.2, -0.15) is 0 Å². The maximum atomic E-state index is 12.1. The van der Waals surface area contributed by atoms with Crippen LogP contribution in [-0.2, 0) is 4.79 Å². The predicted octanol–water partition coefficient (Wildman–Crippen LogP) is 2.55. The van der Waals surface area contributed by atoms with E-state index in [1.54, 1.807) is 12.4 Å². The number of carbonyl (C=O) groups is 1. The standard InChI is InChI=1S/C15H19N3O/c1-3-10(2)14(16)15(19)18-13-6-4-5-11-7-8-17-9-12(11)13/h4-10,14H,3,16H2,1-2H3,(H,18,19)/t10-,14-/m0/s1. The number of carbonyl (C=O) groups excluding carboxylic acids is 1. The van der Waals surface area contributed by atoms with E-state index in [-0.39, 0.29) is 11.8 Å². The molecule has 0 bridgehead atoms. The van der Waals surface area contributed by atoms with Crippen molar-refractivity contribution in [3.63, 3.8) is 0 Å². The highest BCUT2D eigenvalue weighted by molar-refractivity contribution is 6.03. The molecule has 1 aromatic carbocycles. The van der Waals surface area contributed by atoms with Gasteiger partial charge in [0.2, 0.25) is 5.91 Å². The van der Waals surface area contributed by atoms with E-state index < -0.39 is 6.04 Å². The van der Waals surface area contributed by atoms with Crippen LogP contribution in [0.5, 0.6) is 0 Å². The van der Waals surface area contributed by atoms with Gasteiger partial charge in [-0.25, -0.2) is 0 Å². The van der Waals surface area contributed by atoms with Crippen molar-refractivity contribution in [2.75, 3.05) is 5.32 Å². The Morgan fingerprint density at radius 3 is 2.95 bits per heavy atom. The summed E-state index contributed by atoms with van der Waals surface area (Å²) in [5, 5.41) is 4.87. The molecule has 19 heavy (non-hydrogen) atoms. The Hall–Kier alpha value is -1.94. The van der Waals surface area contributed by atoms with Gasteiger partial charge in [0.25, 0.3) is 0 Å². The molecule has 1 aromatic heterocycles. The minimum atomic E-state index is -0.489. The molecular formula is C15H19N3O. The first-order valence-corrected chi connectivity index (χ1v) is 6.52. The summed E-state index contributed by atoms with van der Waals surface area (Å²) in [5.74, 6) is 0.0128. The zero-order valence-corrected chi connectivity index (χ0v) is 11.3. The maximum absolute atomic E-state index is 12.1. The first-order valence-electron chi connectivity index (χ1n) is 6.52. The van der Waals surface area contributed by atoms with Crippen LogP contribution in [0.15, 0.2) is 36.7 Å². The zero-order valence-electron chi connectivity index (χ0n) is 11.3. The number of anilines is 1. The average Bonchev–Trinajstić information content (AvgIpc) is 2.46. The van der Waals surface area contributed by atoms with Gasteiger partial charge in [-0.3, -0.25) is 9.78 Å². The zero-order chi connectivity index (χ0) is 13.8. The van der Waals surface area contributed by atoms with E-state index in [1.807, 2.05) is 38.1 Å². The molecule has 100 valence electrons. The van der Waals surface area contributed by atoms with Crippen molar-refractivity contribution in [1.29, 1.82) is 0 Å². The predicted molar refractivity (Wildman–Crippen MR) is 77.8 cm³/mol. The molecule has 2 aromatic rings. The number of aromatic nitrogens is 1. The van der Waals surface area contributed by atoms with Gasteiger partial charge in [0.05, 0.1) is 11.7 Å². The molecule has 0 spiro atoms. The molecule has 0 saturated carbocycles. The average molecular weight is 257 g/mol. The van der Waals surface area contributed by atoms with E-state index in [0.29, 0.717) is 0 Å². The van der Waals surface area contributed by atoms with Crippen LogP contribution in [0, 0.1) is 5.92 Å². The van der Waals surface area contributed by atoms with Crippen molar-refractivity contribution >= 4 is 22.4 Å². The minimum absolute atomic E-state index is 0.147. The van der Waals surface area contributed by atoms with Gasteiger partial charge in [-0.05, 0) is 23.4 Å². The number of benzene rings is 1. The first kappa shape index (κ1) is 13.5. The summed E-state index contributed by atoms with van der Waals surface area (Å²) in [6, 6.07) is 7.19. The lowest BCUT2D eigenvalue weighted by Gasteiger charge is -2.18. The third kappa shape index (κ3) is 2.90. The van der Waals surface area contributed by atoms with Gasteiger partial charge in [0.1, 0.15) is 0 Å². The van der Waals surface area contributed by atoms with Gasteiger partial charge in [0, 0.05) is 17.8 Å². The van der Waals surface area contributed by atoms with E-state index in [4.69, 9.17) is 5.73 Å². The molecular weight excluding hydrogens is 238 g/mol. The highest BCUT2D eigenvalue weighted by Crippen LogP contribution is 2.22. The number of hydrogen-bond acceptors (Lipinski definition) is 3. The van der Waals surface area contributed by atoms with Crippen LogP contribution in [0.3, 0.4) is 0 Å². The van der Waals surface area contributed by atoms with E-state index in [0.717, 1.165) is 22.9 Å². The monoisotopic (exact) mass is 257 g/mol. The summed E-state index contributed by atoms with van der Waals surface area (Å²) < 4.78 is 0. The van der Waals surface area contributed by atoms with Crippen LogP contribution in [-0.4, -0.2) is 16.9 Å². The Bertz CT molecular complexity index is 577. The molecule has 0 unspecified atom stereocenters. The third-order valence-electron chi connectivity index (χ3n) is 3.50. The number of nitrogens with two attached hydrogens (primary N) is 1. The Morgan fingerprint density at radius 1 is 1.42 bits per heavy atom. The number of pyridine rings is 1. The SMILES string of the molecule is CC[C@H](C)[C@H](N)C(=O)Nc1cccc2ccncc12. The van der Waals surface area contributed by atoms with Gasteiger partial charge < -0.3 is 11.1 Å². The number of hydrogen-bond donors (Lipinski definition) is 2. The highest BCUT2D eigenvalue weighted by atomic mass is 16.2. The largest absolute Gasteiger partial charge is 0.324 e. The number of nitrogens with one attached hydrogen (secondary N) is 1. The number of nitrogens with zero attached hydrogens (tertiary/aromatic N) is 1. The summed E-state index contributed by atoms with van der Waals surface area (Å²) >= 11 is 0. The fourth-order valence-corrected chi connectivity index (χ4v) is 1.95. The van der Waals surface area contributed by atoms with E-state index in [2.05, 4.69) is 10.3 Å². The molecule has 0 saturated heterocycles. The molecule has 2 atom stereocenters. The lowest BCUT2D eigenvalue weighted by Crippen LogP contribution is -2.40. The van der Waals surface area contributed by atoms with Gasteiger partial charge in [-0.15, -0.1) is 0 Å². The second kappa shape index (κ2) is 5.80. The van der Waals surface area contributed by atoms with Gasteiger partial charge >= 0.3 is 0 Å². The lowest BCUT2D eigenvalue weighted by atomic mass is 9.99. The second-order valence-electron chi connectivity index (χ2n) is 4.80. The third-order valence-corrected chi connectivity index (χ3v) is 3.50. The maximum Gasteiger partial charge on any atom is 0.241 e. The fraction of sp³-hybridized carbons (Fsp3) is 0.333. The molecule has 1 amide bonds. The van der Waals surface area contributed by atoms with Gasteiger partial charge in [0.15, 0.2) is 0 Å². The van der Waals surface area contributed by atoms with Crippen molar-refractivity contribution in [3.8, 4) is 0 Å². The molecule has 2 rings (SSSR count). The lowest BCUT2D eigenvalue weighted by molar-refractivity contribution is -0.118. The van der Waals surface area contributed by atoms with E-state index in [9.17, 15) is 4.79 Å². The van der Waals surface area contributed by atoms with Crippen LogP contribution in [0.1, 0.15) is 20.3 Å². The van der Waals surface area contributed by atoms with Crippen LogP contribution >= 0.6 is 0 Å². The van der Waals surface area contributed by atoms with Crippen molar-refractivity contribution in [3.05, 3.63) is 36.7 Å². The van der Waals surface area contributed by atoms with Crippen LogP contribution in [0.25, 0.3) is 10.8 Å². The quantitative estimate of drug-likeness (QED) is 0.884. The smallest absolute Gasteiger partial charge is 0.241 e. The normalized spacial score (nSPS) is 14.1. The van der Waals surface area contributed by atoms with Crippen molar-refractivity contribution in [2.24, 2.45) is 11.7 Å². The summed E-state index contributed by atoms with van der Waals surface area (Å²) in [7, 11) is 0. The highest BCUT2D eigenvalue weighted by Gasteiger charge is 2.19. The van der Waals surface area contributed by atoms with Crippen LogP contribution in [0.2, 0.25) is 0 Å². The van der Waals surface area contributed by atoms with Crippen molar-refractivity contribution in [2.45, 2.75) is 26.3 Å². The summed E-state index contributed by atoms with van der Waals surface area (Å²) in [5.41, 5.74) is 6.69. The number of fused-ring (bicyclic) bond motifs is 1. The fourth-order valence-electron chi connectivity index (χ4n) is 1.95. The Kier molecular flexibility index (Phi) is 4.12. The van der Waals surface area contributed by atoms with Crippen molar-refractivity contribution in [1.82, 2.24) is 4.98 Å². The summed E-state index contributed by atoms with van der Waals surface area (Å²) in [6.07, 6.45) is 4.37. The molecule has 0 aliphatic heterocycles. The van der Waals surface area contributed by atoms with Crippen LogP contribution < -0.4 is 11.1 Å².